The standard InChI is InChI=1S/C16H30N2O3/c1-20-14-10-5-3-4-8-12(14)17-16(19)18-13-9-6-7-11-15(13)21-2/h12-15H,3-11H2,1-2H3,(H2,17,18,19)/t12-,13-,14+,15+/m0/s1. The van der Waals surface area contributed by atoms with Gasteiger partial charge in [-0.05, 0) is 25.7 Å². The van der Waals surface area contributed by atoms with Crippen molar-refractivity contribution in [1.29, 1.82) is 0 Å². The molecule has 122 valence electrons. The average molecular weight is 298 g/mol. The van der Waals surface area contributed by atoms with Gasteiger partial charge in [0.1, 0.15) is 0 Å². The summed E-state index contributed by atoms with van der Waals surface area (Å²) in [5, 5.41) is 6.22. The lowest BCUT2D eigenvalue weighted by Gasteiger charge is -2.32. The highest BCUT2D eigenvalue weighted by molar-refractivity contribution is 5.74. The smallest absolute Gasteiger partial charge is 0.315 e. The fourth-order valence-electron chi connectivity index (χ4n) is 3.64. The molecule has 0 heterocycles. The van der Waals surface area contributed by atoms with Crippen molar-refractivity contribution in [3.05, 3.63) is 0 Å². The van der Waals surface area contributed by atoms with Gasteiger partial charge in [-0.15, -0.1) is 0 Å². The number of nitrogens with one attached hydrogen (secondary N) is 2. The zero-order valence-electron chi connectivity index (χ0n) is 13.4. The number of urea groups is 1. The number of amides is 2. The van der Waals surface area contributed by atoms with Gasteiger partial charge >= 0.3 is 6.03 Å². The van der Waals surface area contributed by atoms with Gasteiger partial charge in [-0.3, -0.25) is 0 Å². The molecule has 2 fully saturated rings. The van der Waals surface area contributed by atoms with E-state index >= 15 is 0 Å². The third kappa shape index (κ3) is 4.85. The molecule has 0 aliphatic heterocycles. The summed E-state index contributed by atoms with van der Waals surface area (Å²) >= 11 is 0. The normalized spacial score (nSPS) is 34.0. The average Bonchev–Trinajstić information content (AvgIpc) is 2.72. The van der Waals surface area contributed by atoms with E-state index in [1.54, 1.807) is 14.2 Å². The minimum atomic E-state index is -0.0714. The fraction of sp³-hybridized carbons (Fsp3) is 0.938. The van der Waals surface area contributed by atoms with Crippen molar-refractivity contribution < 1.29 is 14.3 Å². The van der Waals surface area contributed by atoms with Gasteiger partial charge in [0.05, 0.1) is 24.3 Å². The molecular formula is C16H30N2O3. The Bertz CT molecular complexity index is 325. The molecule has 2 N–H and O–H groups in total. The van der Waals surface area contributed by atoms with Crippen LogP contribution in [0.3, 0.4) is 0 Å². The topological polar surface area (TPSA) is 59.6 Å². The van der Waals surface area contributed by atoms with Crippen LogP contribution >= 0.6 is 0 Å². The number of hydrogen-bond acceptors (Lipinski definition) is 3. The minimum absolute atomic E-state index is 0.0714. The molecule has 2 aliphatic rings. The fourth-order valence-corrected chi connectivity index (χ4v) is 3.64. The Morgan fingerprint density at radius 2 is 1.19 bits per heavy atom. The Labute approximate surface area is 128 Å². The van der Waals surface area contributed by atoms with E-state index in [0.29, 0.717) is 0 Å². The molecule has 2 rings (SSSR count). The second kappa shape index (κ2) is 8.59. The maximum Gasteiger partial charge on any atom is 0.315 e. The maximum atomic E-state index is 12.3. The predicted molar refractivity (Wildman–Crippen MR) is 82.4 cm³/mol. The van der Waals surface area contributed by atoms with Crippen LogP contribution in [0, 0.1) is 0 Å². The van der Waals surface area contributed by atoms with Crippen LogP contribution in [0.2, 0.25) is 0 Å². The summed E-state index contributed by atoms with van der Waals surface area (Å²) in [6.45, 7) is 0. The summed E-state index contributed by atoms with van der Waals surface area (Å²) in [5.74, 6) is 0. The monoisotopic (exact) mass is 298 g/mol. The molecule has 0 unspecified atom stereocenters. The SMILES string of the molecule is CO[C@@H]1CCCCC[C@@H]1NC(=O)N[C@H]1CCCC[C@H]1OC. The highest BCUT2D eigenvalue weighted by Gasteiger charge is 2.29. The Morgan fingerprint density at radius 3 is 1.71 bits per heavy atom. The molecule has 2 amide bonds. The molecule has 0 saturated heterocycles. The van der Waals surface area contributed by atoms with E-state index in [-0.39, 0.29) is 30.3 Å². The van der Waals surface area contributed by atoms with Crippen molar-refractivity contribution in [2.45, 2.75) is 82.1 Å². The first-order chi connectivity index (χ1) is 10.2. The zero-order chi connectivity index (χ0) is 15.1. The van der Waals surface area contributed by atoms with E-state index in [1.807, 2.05) is 0 Å². The molecule has 5 heteroatoms. The summed E-state index contributed by atoms with van der Waals surface area (Å²) in [7, 11) is 3.47. The number of carbonyl (C=O) groups is 1. The van der Waals surface area contributed by atoms with Gasteiger partial charge in [0, 0.05) is 14.2 Å². The Balaban J connectivity index is 1.84. The molecule has 0 bridgehead atoms. The highest BCUT2D eigenvalue weighted by atomic mass is 16.5. The number of hydrogen-bond donors (Lipinski definition) is 2. The second-order valence-corrected chi connectivity index (χ2v) is 6.30. The summed E-state index contributed by atoms with van der Waals surface area (Å²) in [6, 6.07) is 0.190. The Morgan fingerprint density at radius 1 is 0.762 bits per heavy atom. The lowest BCUT2D eigenvalue weighted by atomic mass is 9.92. The van der Waals surface area contributed by atoms with Crippen LogP contribution in [-0.2, 0) is 9.47 Å². The van der Waals surface area contributed by atoms with Gasteiger partial charge in [-0.2, -0.15) is 0 Å². The van der Waals surface area contributed by atoms with E-state index < -0.39 is 0 Å². The number of carbonyl (C=O) groups excluding carboxylic acids is 1. The largest absolute Gasteiger partial charge is 0.379 e. The number of rotatable bonds is 4. The molecule has 0 spiro atoms. The lowest BCUT2D eigenvalue weighted by molar-refractivity contribution is 0.0430. The molecule has 0 aromatic carbocycles. The van der Waals surface area contributed by atoms with Crippen molar-refractivity contribution >= 4 is 6.03 Å². The number of methoxy groups -OCH3 is 2. The van der Waals surface area contributed by atoms with Crippen LogP contribution in [0.15, 0.2) is 0 Å². The summed E-state index contributed by atoms with van der Waals surface area (Å²) < 4.78 is 11.0. The lowest BCUT2D eigenvalue weighted by Crippen LogP contribution is -2.53. The van der Waals surface area contributed by atoms with Gasteiger partial charge in [-0.25, -0.2) is 4.79 Å². The first-order valence-corrected chi connectivity index (χ1v) is 8.37. The van der Waals surface area contributed by atoms with Crippen LogP contribution < -0.4 is 10.6 Å². The van der Waals surface area contributed by atoms with Gasteiger partial charge in [-0.1, -0.05) is 32.1 Å². The van der Waals surface area contributed by atoms with Crippen LogP contribution in [0.5, 0.6) is 0 Å². The summed E-state index contributed by atoms with van der Waals surface area (Å²) in [4.78, 5) is 12.3. The second-order valence-electron chi connectivity index (χ2n) is 6.30. The van der Waals surface area contributed by atoms with Crippen LogP contribution in [0.1, 0.15) is 57.8 Å². The van der Waals surface area contributed by atoms with E-state index in [9.17, 15) is 4.79 Å². The highest BCUT2D eigenvalue weighted by Crippen LogP contribution is 2.22. The van der Waals surface area contributed by atoms with Crippen molar-refractivity contribution in [2.75, 3.05) is 14.2 Å². The molecule has 5 nitrogen and oxygen atoms in total. The van der Waals surface area contributed by atoms with Crippen LogP contribution in [0.25, 0.3) is 0 Å². The molecule has 2 saturated carbocycles. The van der Waals surface area contributed by atoms with Crippen LogP contribution in [-0.4, -0.2) is 44.5 Å². The minimum Gasteiger partial charge on any atom is -0.379 e. The van der Waals surface area contributed by atoms with Crippen LogP contribution in [0.4, 0.5) is 4.79 Å². The molecule has 0 radical (unpaired) electrons. The predicted octanol–water partition coefficient (Wildman–Crippen LogP) is 2.59. The van der Waals surface area contributed by atoms with Crippen molar-refractivity contribution in [2.24, 2.45) is 0 Å². The maximum absolute atomic E-state index is 12.3. The van der Waals surface area contributed by atoms with E-state index in [2.05, 4.69) is 10.6 Å². The van der Waals surface area contributed by atoms with Gasteiger partial charge in [0.25, 0.3) is 0 Å². The molecule has 2 aliphatic carbocycles. The third-order valence-corrected chi connectivity index (χ3v) is 4.89. The Hall–Kier alpha value is -0.810. The summed E-state index contributed by atoms with van der Waals surface area (Å²) in [5.41, 5.74) is 0. The van der Waals surface area contributed by atoms with Crippen molar-refractivity contribution in [3.8, 4) is 0 Å². The molecule has 4 atom stereocenters. The molecule has 0 aromatic rings. The van der Waals surface area contributed by atoms with Gasteiger partial charge in [0.2, 0.25) is 0 Å². The molecule has 0 aromatic heterocycles. The van der Waals surface area contributed by atoms with E-state index in [1.165, 1.54) is 19.3 Å². The zero-order valence-corrected chi connectivity index (χ0v) is 13.4. The molecule has 21 heavy (non-hydrogen) atoms. The van der Waals surface area contributed by atoms with Gasteiger partial charge in [0.15, 0.2) is 0 Å². The van der Waals surface area contributed by atoms with Crippen molar-refractivity contribution in [3.63, 3.8) is 0 Å². The van der Waals surface area contributed by atoms with Crippen molar-refractivity contribution in [1.82, 2.24) is 10.6 Å². The molecular weight excluding hydrogens is 268 g/mol. The quantitative estimate of drug-likeness (QED) is 0.784. The first kappa shape index (κ1) is 16.6. The van der Waals surface area contributed by atoms with E-state index in [4.69, 9.17) is 9.47 Å². The Kier molecular flexibility index (Phi) is 6.77. The first-order valence-electron chi connectivity index (χ1n) is 8.37. The van der Waals surface area contributed by atoms with Gasteiger partial charge < -0.3 is 20.1 Å². The van der Waals surface area contributed by atoms with E-state index in [0.717, 1.165) is 38.5 Å². The summed E-state index contributed by atoms with van der Waals surface area (Å²) in [6.07, 6.45) is 10.3. The third-order valence-electron chi connectivity index (χ3n) is 4.89. The number of ether oxygens (including phenoxy) is 2.